The lowest BCUT2D eigenvalue weighted by atomic mass is 9.83. The van der Waals surface area contributed by atoms with Gasteiger partial charge in [0.15, 0.2) is 5.60 Å². The molecule has 2 nitrogen and oxygen atoms in total. The van der Waals surface area contributed by atoms with Crippen molar-refractivity contribution in [1.82, 2.24) is 0 Å². The van der Waals surface area contributed by atoms with E-state index in [2.05, 4.69) is 0 Å². The van der Waals surface area contributed by atoms with Gasteiger partial charge in [-0.3, -0.25) is 0 Å². The van der Waals surface area contributed by atoms with Crippen LogP contribution in [0, 0.1) is 5.92 Å². The maximum atomic E-state index is 12.6. The summed E-state index contributed by atoms with van der Waals surface area (Å²) in [5, 5.41) is 9.66. The van der Waals surface area contributed by atoms with Gasteiger partial charge < -0.3 is 10.8 Å². The maximum absolute atomic E-state index is 12.6. The molecule has 2 unspecified atom stereocenters. The molecule has 2 fully saturated rings. The van der Waals surface area contributed by atoms with Gasteiger partial charge >= 0.3 is 6.18 Å². The standard InChI is InChI=1S/C9H14F3NO/c10-9(11,12)8(14)3-1-2-6(8)7(13)4-5-7/h6,14H,1-5,13H2. The first-order valence-corrected chi connectivity index (χ1v) is 4.88. The minimum atomic E-state index is -4.54. The van der Waals surface area contributed by atoms with Gasteiger partial charge in [-0.1, -0.05) is 0 Å². The van der Waals surface area contributed by atoms with Crippen LogP contribution in [0.3, 0.4) is 0 Å². The van der Waals surface area contributed by atoms with Crippen molar-refractivity contribution >= 4 is 0 Å². The van der Waals surface area contributed by atoms with Crippen molar-refractivity contribution < 1.29 is 18.3 Å². The molecule has 0 spiro atoms. The summed E-state index contributed by atoms with van der Waals surface area (Å²) in [5.74, 6) is -0.796. The van der Waals surface area contributed by atoms with Gasteiger partial charge in [-0.15, -0.1) is 0 Å². The number of halogens is 3. The third-order valence-corrected chi connectivity index (χ3v) is 3.64. The van der Waals surface area contributed by atoms with Gasteiger partial charge in [-0.05, 0) is 32.1 Å². The van der Waals surface area contributed by atoms with Crippen LogP contribution in [0.2, 0.25) is 0 Å². The molecule has 5 heteroatoms. The Bertz CT molecular complexity index is 249. The molecule has 3 N–H and O–H groups in total. The van der Waals surface area contributed by atoms with Gasteiger partial charge in [0, 0.05) is 11.5 Å². The molecule has 2 aliphatic rings. The Morgan fingerprint density at radius 3 is 2.21 bits per heavy atom. The number of alkyl halides is 3. The Hall–Kier alpha value is -0.290. The Morgan fingerprint density at radius 2 is 1.79 bits per heavy atom. The number of hydrogen-bond donors (Lipinski definition) is 2. The molecule has 0 bridgehead atoms. The summed E-state index contributed by atoms with van der Waals surface area (Å²) in [4.78, 5) is 0. The number of nitrogens with two attached hydrogens (primary N) is 1. The van der Waals surface area contributed by atoms with Crippen LogP contribution in [0.25, 0.3) is 0 Å². The molecule has 0 amide bonds. The monoisotopic (exact) mass is 209 g/mol. The highest BCUT2D eigenvalue weighted by Gasteiger charge is 2.67. The summed E-state index contributed by atoms with van der Waals surface area (Å²) < 4.78 is 37.9. The highest BCUT2D eigenvalue weighted by Crippen LogP contribution is 2.56. The van der Waals surface area contributed by atoms with Crippen LogP contribution in [0.1, 0.15) is 32.1 Å². The molecule has 2 atom stereocenters. The Labute approximate surface area is 80.3 Å². The molecule has 0 aromatic rings. The summed E-state index contributed by atoms with van der Waals surface area (Å²) in [7, 11) is 0. The van der Waals surface area contributed by atoms with Crippen molar-refractivity contribution in [2.24, 2.45) is 11.7 Å². The lowest BCUT2D eigenvalue weighted by Gasteiger charge is -2.35. The van der Waals surface area contributed by atoms with Gasteiger partial charge in [0.2, 0.25) is 0 Å². The minimum absolute atomic E-state index is 0.194. The van der Waals surface area contributed by atoms with Crippen LogP contribution in [-0.2, 0) is 0 Å². The van der Waals surface area contributed by atoms with E-state index in [1.54, 1.807) is 0 Å². The normalized spacial score (nSPS) is 41.4. The van der Waals surface area contributed by atoms with Crippen molar-refractivity contribution in [3.05, 3.63) is 0 Å². The predicted molar refractivity (Wildman–Crippen MR) is 44.5 cm³/mol. The van der Waals surface area contributed by atoms with Gasteiger partial charge in [0.1, 0.15) is 0 Å². The number of aliphatic hydroxyl groups is 1. The molecule has 2 aliphatic carbocycles. The van der Waals surface area contributed by atoms with Crippen molar-refractivity contribution in [3.8, 4) is 0 Å². The van der Waals surface area contributed by atoms with Gasteiger partial charge in [0.05, 0.1) is 0 Å². The van der Waals surface area contributed by atoms with E-state index in [0.29, 0.717) is 25.7 Å². The number of hydrogen-bond acceptors (Lipinski definition) is 2. The van der Waals surface area contributed by atoms with E-state index in [9.17, 15) is 18.3 Å². The van der Waals surface area contributed by atoms with Gasteiger partial charge in [-0.25, -0.2) is 0 Å². The average Bonchev–Trinajstić information content (AvgIpc) is 2.60. The summed E-state index contributed by atoms with van der Waals surface area (Å²) in [6, 6.07) is 0. The highest BCUT2D eigenvalue weighted by atomic mass is 19.4. The van der Waals surface area contributed by atoms with Crippen LogP contribution >= 0.6 is 0 Å². The number of rotatable bonds is 1. The largest absolute Gasteiger partial charge is 0.417 e. The fraction of sp³-hybridized carbons (Fsp3) is 1.00. The third-order valence-electron chi connectivity index (χ3n) is 3.64. The molecular weight excluding hydrogens is 195 g/mol. The third kappa shape index (κ3) is 1.26. The van der Waals surface area contributed by atoms with Crippen molar-refractivity contribution in [3.63, 3.8) is 0 Å². The lowest BCUT2D eigenvalue weighted by molar-refractivity contribution is -0.275. The summed E-state index contributed by atoms with van der Waals surface area (Å²) in [6.45, 7) is 0. The van der Waals surface area contributed by atoms with E-state index >= 15 is 0 Å². The quantitative estimate of drug-likeness (QED) is 0.688. The molecule has 0 heterocycles. The highest BCUT2D eigenvalue weighted by molar-refractivity contribution is 5.14. The summed E-state index contributed by atoms with van der Waals surface area (Å²) in [6.07, 6.45) is -2.71. The molecule has 0 aliphatic heterocycles. The minimum Gasteiger partial charge on any atom is -0.380 e. The first kappa shape index (κ1) is 10.2. The van der Waals surface area contributed by atoms with E-state index in [4.69, 9.17) is 5.73 Å². The van der Waals surface area contributed by atoms with Crippen LogP contribution < -0.4 is 5.73 Å². The summed E-state index contributed by atoms with van der Waals surface area (Å²) in [5.41, 5.74) is 2.49. The van der Waals surface area contributed by atoms with E-state index < -0.39 is 23.2 Å². The summed E-state index contributed by atoms with van der Waals surface area (Å²) >= 11 is 0. The second kappa shape index (κ2) is 2.64. The molecule has 0 radical (unpaired) electrons. The van der Waals surface area contributed by atoms with Crippen LogP contribution in [0.15, 0.2) is 0 Å². The van der Waals surface area contributed by atoms with E-state index in [1.807, 2.05) is 0 Å². The van der Waals surface area contributed by atoms with Crippen LogP contribution in [0.4, 0.5) is 13.2 Å². The van der Waals surface area contributed by atoms with E-state index in [0.717, 1.165) is 0 Å². The molecule has 0 saturated heterocycles. The smallest absolute Gasteiger partial charge is 0.380 e. The predicted octanol–water partition coefficient (Wildman–Crippen LogP) is 1.57. The van der Waals surface area contributed by atoms with Gasteiger partial charge in [-0.2, -0.15) is 13.2 Å². The molecule has 0 aromatic heterocycles. The Balaban J connectivity index is 2.25. The zero-order valence-electron chi connectivity index (χ0n) is 7.77. The molecule has 2 rings (SSSR count). The second-order valence-corrected chi connectivity index (χ2v) is 4.60. The fourth-order valence-electron chi connectivity index (χ4n) is 2.58. The first-order chi connectivity index (χ1) is 6.30. The Morgan fingerprint density at radius 1 is 1.21 bits per heavy atom. The van der Waals surface area contributed by atoms with Crippen LogP contribution in [0.5, 0.6) is 0 Å². The van der Waals surface area contributed by atoms with Crippen molar-refractivity contribution in [1.29, 1.82) is 0 Å². The molecule has 0 aromatic carbocycles. The Kier molecular flexibility index (Phi) is 1.93. The average molecular weight is 209 g/mol. The topological polar surface area (TPSA) is 46.2 Å². The SMILES string of the molecule is NC1(C2CCCC2(O)C(F)(F)F)CC1. The van der Waals surface area contributed by atoms with Gasteiger partial charge in [0.25, 0.3) is 0 Å². The first-order valence-electron chi connectivity index (χ1n) is 4.88. The van der Waals surface area contributed by atoms with E-state index in [-0.39, 0.29) is 6.42 Å². The van der Waals surface area contributed by atoms with E-state index in [1.165, 1.54) is 0 Å². The maximum Gasteiger partial charge on any atom is 0.417 e. The molecule has 82 valence electrons. The molecule has 2 saturated carbocycles. The fourth-order valence-corrected chi connectivity index (χ4v) is 2.58. The lowest BCUT2D eigenvalue weighted by Crippen LogP contribution is -2.54. The molecular formula is C9H14F3NO. The zero-order valence-corrected chi connectivity index (χ0v) is 7.77. The molecule has 14 heavy (non-hydrogen) atoms. The zero-order chi connectivity index (χ0) is 10.6. The van der Waals surface area contributed by atoms with Crippen molar-refractivity contribution in [2.75, 3.05) is 0 Å². The second-order valence-electron chi connectivity index (χ2n) is 4.60. The van der Waals surface area contributed by atoms with Crippen LogP contribution in [-0.4, -0.2) is 22.4 Å². The van der Waals surface area contributed by atoms with Crippen molar-refractivity contribution in [2.45, 2.75) is 49.4 Å².